The molecule has 0 bridgehead atoms. The fourth-order valence-corrected chi connectivity index (χ4v) is 2.56. The predicted molar refractivity (Wildman–Crippen MR) is 64.1 cm³/mol. The molecule has 2 rings (SSSR count). The van der Waals surface area contributed by atoms with Gasteiger partial charge in [0.05, 0.1) is 0 Å². The van der Waals surface area contributed by atoms with Crippen LogP contribution in [0, 0.1) is 0 Å². The average molecular weight is 225 g/mol. The molecule has 1 fully saturated rings. The minimum absolute atomic E-state index is 0.928. The monoisotopic (exact) mass is 225 g/mol. The van der Waals surface area contributed by atoms with Crippen molar-refractivity contribution in [3.8, 4) is 0 Å². The Morgan fingerprint density at radius 1 is 1.40 bits per heavy atom. The minimum Gasteiger partial charge on any atom is -0.310 e. The number of aromatic nitrogens is 1. The lowest BCUT2D eigenvalue weighted by Gasteiger charge is -2.13. The van der Waals surface area contributed by atoms with Crippen LogP contribution in [0.25, 0.3) is 0 Å². The van der Waals surface area contributed by atoms with Crippen LogP contribution in [0.2, 0.25) is 0 Å². The van der Waals surface area contributed by atoms with E-state index in [1.807, 2.05) is 11.6 Å². The second-order valence-electron chi connectivity index (χ2n) is 4.00. The summed E-state index contributed by atoms with van der Waals surface area (Å²) < 4.78 is 0. The van der Waals surface area contributed by atoms with Gasteiger partial charge in [-0.2, -0.15) is 0 Å². The Hall–Kier alpha value is -0.450. The summed E-state index contributed by atoms with van der Waals surface area (Å²) in [6.07, 6.45) is 5.91. The lowest BCUT2D eigenvalue weighted by Crippen LogP contribution is -2.24. The number of rotatable bonds is 6. The molecule has 1 aromatic heterocycles. The molecule has 0 spiro atoms. The van der Waals surface area contributed by atoms with Crippen LogP contribution in [0.4, 0.5) is 0 Å². The molecule has 3 nitrogen and oxygen atoms in total. The van der Waals surface area contributed by atoms with Gasteiger partial charge in [0.15, 0.2) is 0 Å². The standard InChI is InChI=1S/C11H19N3S/c1-2-7-14(6-1)8-3-4-12-10-11-13-5-9-15-11/h5,9,12H,1-4,6-8,10H2. The van der Waals surface area contributed by atoms with Gasteiger partial charge in [-0.25, -0.2) is 4.98 Å². The van der Waals surface area contributed by atoms with Crippen molar-refractivity contribution in [1.29, 1.82) is 0 Å². The van der Waals surface area contributed by atoms with E-state index in [9.17, 15) is 0 Å². The first-order valence-electron chi connectivity index (χ1n) is 5.76. The van der Waals surface area contributed by atoms with Crippen LogP contribution in [0.5, 0.6) is 0 Å². The van der Waals surface area contributed by atoms with Crippen molar-refractivity contribution >= 4 is 11.3 Å². The van der Waals surface area contributed by atoms with Crippen LogP contribution in [0.15, 0.2) is 11.6 Å². The van der Waals surface area contributed by atoms with E-state index in [-0.39, 0.29) is 0 Å². The Morgan fingerprint density at radius 2 is 2.27 bits per heavy atom. The first kappa shape index (κ1) is 11.0. The summed E-state index contributed by atoms with van der Waals surface area (Å²) in [6.45, 7) is 5.91. The molecule has 0 aliphatic carbocycles. The van der Waals surface area contributed by atoms with Gasteiger partial charge in [-0.05, 0) is 45.4 Å². The van der Waals surface area contributed by atoms with Gasteiger partial charge in [-0.3, -0.25) is 0 Å². The van der Waals surface area contributed by atoms with Crippen molar-refractivity contribution < 1.29 is 0 Å². The molecule has 0 aromatic carbocycles. The summed E-state index contributed by atoms with van der Waals surface area (Å²) in [4.78, 5) is 6.80. The molecule has 2 heterocycles. The van der Waals surface area contributed by atoms with E-state index in [0.29, 0.717) is 0 Å². The highest BCUT2D eigenvalue weighted by Gasteiger charge is 2.09. The van der Waals surface area contributed by atoms with E-state index in [1.54, 1.807) is 11.3 Å². The van der Waals surface area contributed by atoms with Gasteiger partial charge in [-0.1, -0.05) is 0 Å². The summed E-state index contributed by atoms with van der Waals surface area (Å²) >= 11 is 1.72. The van der Waals surface area contributed by atoms with Crippen LogP contribution in [0.3, 0.4) is 0 Å². The third-order valence-electron chi connectivity index (χ3n) is 2.79. The highest BCUT2D eigenvalue weighted by molar-refractivity contribution is 7.09. The highest BCUT2D eigenvalue weighted by atomic mass is 32.1. The topological polar surface area (TPSA) is 28.2 Å². The largest absolute Gasteiger partial charge is 0.310 e. The third kappa shape index (κ3) is 3.89. The molecule has 0 unspecified atom stereocenters. The Labute approximate surface area is 95.5 Å². The Kier molecular flexibility index (Phi) is 4.57. The molecule has 0 amide bonds. The van der Waals surface area contributed by atoms with Crippen molar-refractivity contribution in [3.05, 3.63) is 16.6 Å². The molecule has 1 saturated heterocycles. The first-order chi connectivity index (χ1) is 7.45. The van der Waals surface area contributed by atoms with Gasteiger partial charge in [-0.15, -0.1) is 11.3 Å². The van der Waals surface area contributed by atoms with Gasteiger partial charge in [0.1, 0.15) is 5.01 Å². The van der Waals surface area contributed by atoms with Crippen molar-refractivity contribution in [2.75, 3.05) is 26.2 Å². The normalized spacial score (nSPS) is 17.3. The zero-order valence-electron chi connectivity index (χ0n) is 9.11. The van der Waals surface area contributed by atoms with Crippen LogP contribution < -0.4 is 5.32 Å². The maximum absolute atomic E-state index is 4.24. The van der Waals surface area contributed by atoms with Crippen molar-refractivity contribution in [2.45, 2.75) is 25.8 Å². The summed E-state index contributed by atoms with van der Waals surface area (Å²) in [5.41, 5.74) is 0. The lowest BCUT2D eigenvalue weighted by molar-refractivity contribution is 0.331. The van der Waals surface area contributed by atoms with E-state index >= 15 is 0 Å². The average Bonchev–Trinajstić information content (AvgIpc) is 2.88. The molecule has 84 valence electrons. The molecule has 0 radical (unpaired) electrons. The summed E-state index contributed by atoms with van der Waals surface area (Å²) in [6, 6.07) is 0. The molecular formula is C11H19N3S. The molecule has 15 heavy (non-hydrogen) atoms. The first-order valence-corrected chi connectivity index (χ1v) is 6.64. The number of nitrogens with one attached hydrogen (secondary N) is 1. The van der Waals surface area contributed by atoms with Gasteiger partial charge in [0, 0.05) is 18.1 Å². The molecule has 1 aliphatic rings. The molecular weight excluding hydrogens is 206 g/mol. The fourth-order valence-electron chi connectivity index (χ4n) is 1.97. The zero-order valence-corrected chi connectivity index (χ0v) is 9.93. The number of hydrogen-bond acceptors (Lipinski definition) is 4. The number of thiazole rings is 1. The minimum atomic E-state index is 0.928. The van der Waals surface area contributed by atoms with Gasteiger partial charge in [0.2, 0.25) is 0 Å². The van der Waals surface area contributed by atoms with E-state index in [1.165, 1.54) is 43.9 Å². The molecule has 1 N–H and O–H groups in total. The fraction of sp³-hybridized carbons (Fsp3) is 0.727. The smallest absolute Gasteiger partial charge is 0.106 e. The van der Waals surface area contributed by atoms with E-state index in [4.69, 9.17) is 0 Å². The Morgan fingerprint density at radius 3 is 3.00 bits per heavy atom. The van der Waals surface area contributed by atoms with Crippen molar-refractivity contribution in [1.82, 2.24) is 15.2 Å². The number of hydrogen-bond donors (Lipinski definition) is 1. The van der Waals surface area contributed by atoms with Crippen LogP contribution >= 0.6 is 11.3 Å². The second-order valence-corrected chi connectivity index (χ2v) is 4.98. The third-order valence-corrected chi connectivity index (χ3v) is 3.57. The van der Waals surface area contributed by atoms with E-state index in [2.05, 4.69) is 15.2 Å². The molecule has 4 heteroatoms. The van der Waals surface area contributed by atoms with Crippen LogP contribution in [-0.4, -0.2) is 36.1 Å². The Balaban J connectivity index is 1.48. The summed E-state index contributed by atoms with van der Waals surface area (Å²) in [5.74, 6) is 0. The van der Waals surface area contributed by atoms with E-state index < -0.39 is 0 Å². The molecule has 1 aromatic rings. The van der Waals surface area contributed by atoms with Gasteiger partial charge >= 0.3 is 0 Å². The summed E-state index contributed by atoms with van der Waals surface area (Å²) in [5, 5.41) is 6.65. The lowest BCUT2D eigenvalue weighted by atomic mass is 10.4. The second kappa shape index (κ2) is 6.20. The molecule has 1 aliphatic heterocycles. The maximum Gasteiger partial charge on any atom is 0.106 e. The van der Waals surface area contributed by atoms with Gasteiger partial charge < -0.3 is 10.2 Å². The highest BCUT2D eigenvalue weighted by Crippen LogP contribution is 2.07. The predicted octanol–water partition coefficient (Wildman–Crippen LogP) is 1.72. The van der Waals surface area contributed by atoms with Gasteiger partial charge in [0.25, 0.3) is 0 Å². The maximum atomic E-state index is 4.24. The van der Waals surface area contributed by atoms with E-state index in [0.717, 1.165) is 13.1 Å². The van der Waals surface area contributed by atoms with Crippen LogP contribution in [-0.2, 0) is 6.54 Å². The Bertz CT molecular complexity index is 255. The van der Waals surface area contributed by atoms with Crippen molar-refractivity contribution in [3.63, 3.8) is 0 Å². The zero-order chi connectivity index (χ0) is 10.3. The SMILES string of the molecule is c1csc(CNCCCN2CCCC2)n1. The van der Waals surface area contributed by atoms with Crippen LogP contribution in [0.1, 0.15) is 24.3 Å². The molecule has 0 atom stereocenters. The summed E-state index contributed by atoms with van der Waals surface area (Å²) in [7, 11) is 0. The van der Waals surface area contributed by atoms with Crippen molar-refractivity contribution in [2.24, 2.45) is 0 Å². The number of nitrogens with zero attached hydrogens (tertiary/aromatic N) is 2. The molecule has 0 saturated carbocycles. The number of likely N-dealkylation sites (tertiary alicyclic amines) is 1. The quantitative estimate of drug-likeness (QED) is 0.747.